The van der Waals surface area contributed by atoms with Gasteiger partial charge in [0.05, 0.1) is 19.2 Å². The van der Waals surface area contributed by atoms with Crippen LogP contribution >= 0.6 is 0 Å². The van der Waals surface area contributed by atoms with Gasteiger partial charge in [-0.25, -0.2) is 30.4 Å². The van der Waals surface area contributed by atoms with Gasteiger partial charge in [0, 0.05) is 47.8 Å². The molecule has 1 aromatic carbocycles. The zero-order valence-corrected chi connectivity index (χ0v) is 19.6. The number of hydrogen-bond acceptors (Lipinski definition) is 10. The molecule has 3 heterocycles. The Hall–Kier alpha value is -4.38. The van der Waals surface area contributed by atoms with Crippen molar-refractivity contribution in [1.29, 1.82) is 0 Å². The summed E-state index contributed by atoms with van der Waals surface area (Å²) in [4.78, 5) is 34.9. The molecule has 180 valence electrons. The Morgan fingerprint density at radius 2 is 1.86 bits per heavy atom. The van der Waals surface area contributed by atoms with E-state index in [1.54, 1.807) is 18.8 Å². The van der Waals surface area contributed by atoms with Crippen LogP contribution in [0, 0.1) is 6.92 Å². The van der Waals surface area contributed by atoms with Crippen LogP contribution in [0.5, 0.6) is 11.6 Å². The highest BCUT2D eigenvalue weighted by molar-refractivity contribution is 5.92. The predicted octanol–water partition coefficient (Wildman–Crippen LogP) is 2.82. The zero-order chi connectivity index (χ0) is 24.8. The molecule has 0 unspecified atom stereocenters. The molecule has 11 heteroatoms. The molecule has 0 saturated heterocycles. The number of hydrogen-bond donors (Lipinski definition) is 2. The number of benzene rings is 1. The molecule has 0 aliphatic rings. The predicted molar refractivity (Wildman–Crippen MR) is 129 cm³/mol. The van der Waals surface area contributed by atoms with Crippen molar-refractivity contribution in [1.82, 2.24) is 30.4 Å². The highest BCUT2D eigenvalue weighted by Crippen LogP contribution is 2.32. The number of methoxy groups -OCH3 is 1. The van der Waals surface area contributed by atoms with Gasteiger partial charge in [0.1, 0.15) is 24.2 Å². The summed E-state index contributed by atoms with van der Waals surface area (Å²) in [7, 11) is 1.58. The molecule has 2 N–H and O–H groups in total. The van der Waals surface area contributed by atoms with Crippen LogP contribution < -0.4 is 19.9 Å². The molecule has 0 aliphatic carbocycles. The van der Waals surface area contributed by atoms with E-state index >= 15 is 0 Å². The third-order valence-corrected chi connectivity index (χ3v) is 5.47. The number of anilines is 1. The number of hydroxylamine groups is 1. The molecule has 35 heavy (non-hydrogen) atoms. The average molecular weight is 476 g/mol. The third kappa shape index (κ3) is 5.25. The largest absolute Gasteiger partial charge is 0.489 e. The first-order chi connectivity index (χ1) is 17.0. The van der Waals surface area contributed by atoms with Crippen molar-refractivity contribution in [3.05, 3.63) is 60.4 Å². The molecule has 11 nitrogen and oxygen atoms in total. The van der Waals surface area contributed by atoms with Crippen molar-refractivity contribution in [2.75, 3.05) is 31.7 Å². The normalized spacial score (nSPS) is 10.7. The van der Waals surface area contributed by atoms with Crippen LogP contribution in [0.2, 0.25) is 0 Å². The zero-order valence-electron chi connectivity index (χ0n) is 19.6. The molecule has 3 aromatic heterocycles. The van der Waals surface area contributed by atoms with E-state index in [9.17, 15) is 4.79 Å². The van der Waals surface area contributed by atoms with Crippen molar-refractivity contribution in [3.63, 3.8) is 0 Å². The number of aromatic nitrogens is 5. The second-order valence-corrected chi connectivity index (χ2v) is 7.56. The smallest absolute Gasteiger partial charge is 0.277 e. The van der Waals surface area contributed by atoms with Crippen LogP contribution in [-0.2, 0) is 0 Å². The highest BCUT2D eigenvalue weighted by Gasteiger charge is 2.14. The van der Waals surface area contributed by atoms with E-state index in [2.05, 4.69) is 24.9 Å². The van der Waals surface area contributed by atoms with E-state index in [4.69, 9.17) is 14.7 Å². The van der Waals surface area contributed by atoms with Gasteiger partial charge < -0.3 is 14.4 Å². The Balaban J connectivity index is 1.56. The fraction of sp³-hybridized carbons (Fsp3) is 0.250. The molecule has 0 saturated carbocycles. The summed E-state index contributed by atoms with van der Waals surface area (Å²) in [5.41, 5.74) is 5.13. The lowest BCUT2D eigenvalue weighted by atomic mass is 10.0. The number of pyridine rings is 1. The van der Waals surface area contributed by atoms with Crippen LogP contribution in [0.1, 0.15) is 23.0 Å². The highest BCUT2D eigenvalue weighted by atomic mass is 16.5. The lowest BCUT2D eigenvalue weighted by molar-refractivity contribution is 0.0705. The first-order valence-corrected chi connectivity index (χ1v) is 10.9. The topological polar surface area (TPSA) is 135 Å². The fourth-order valence-electron chi connectivity index (χ4n) is 3.54. The van der Waals surface area contributed by atoms with Crippen molar-refractivity contribution in [2.45, 2.75) is 13.8 Å². The number of nitrogens with one attached hydrogen (secondary N) is 1. The SMILES string of the molecule is CCN(CCOc1cc(-c2ccc(OC)nc2)cc2c(C)ncnc12)c1ncc(C(=O)NO)cn1. The van der Waals surface area contributed by atoms with Crippen LogP contribution in [0.15, 0.2) is 49.2 Å². The third-order valence-electron chi connectivity index (χ3n) is 5.47. The number of ether oxygens (including phenoxy) is 2. The Labute approximate surface area is 201 Å². The maximum atomic E-state index is 11.5. The summed E-state index contributed by atoms with van der Waals surface area (Å²) < 4.78 is 11.3. The van der Waals surface area contributed by atoms with Gasteiger partial charge in [0.2, 0.25) is 11.8 Å². The lowest BCUT2D eigenvalue weighted by Crippen LogP contribution is -2.30. The summed E-state index contributed by atoms with van der Waals surface area (Å²) in [5.74, 6) is 0.953. The van der Waals surface area contributed by atoms with Crippen LogP contribution in [0.3, 0.4) is 0 Å². The van der Waals surface area contributed by atoms with Crippen LogP contribution in [0.25, 0.3) is 22.0 Å². The minimum Gasteiger partial charge on any atom is -0.489 e. The second kappa shape index (κ2) is 10.7. The molecule has 0 bridgehead atoms. The van der Waals surface area contributed by atoms with Crippen LogP contribution in [-0.4, -0.2) is 62.8 Å². The van der Waals surface area contributed by atoms with Crippen molar-refractivity contribution >= 4 is 22.8 Å². The maximum absolute atomic E-state index is 11.5. The number of carbonyl (C=O) groups is 1. The summed E-state index contributed by atoms with van der Waals surface area (Å²) in [6, 6.07) is 7.71. The van der Waals surface area contributed by atoms with Gasteiger partial charge in [-0.15, -0.1) is 0 Å². The Bertz CT molecular complexity index is 1310. The molecule has 0 aliphatic heterocycles. The number of rotatable bonds is 9. The molecule has 4 rings (SSSR count). The molecule has 4 aromatic rings. The van der Waals surface area contributed by atoms with Crippen LogP contribution in [0.4, 0.5) is 5.95 Å². The van der Waals surface area contributed by atoms with Gasteiger partial charge in [0.25, 0.3) is 5.91 Å². The first kappa shape index (κ1) is 23.8. The van der Waals surface area contributed by atoms with E-state index in [1.807, 2.05) is 43.0 Å². The molecular formula is C24H25N7O4. The monoisotopic (exact) mass is 475 g/mol. The maximum Gasteiger partial charge on any atom is 0.277 e. The Kier molecular flexibility index (Phi) is 7.27. The number of fused-ring (bicyclic) bond motifs is 1. The van der Waals surface area contributed by atoms with E-state index in [0.717, 1.165) is 27.7 Å². The quantitative estimate of drug-likeness (QED) is 0.275. The van der Waals surface area contributed by atoms with Gasteiger partial charge >= 0.3 is 0 Å². The van der Waals surface area contributed by atoms with E-state index in [1.165, 1.54) is 18.7 Å². The first-order valence-electron chi connectivity index (χ1n) is 10.9. The van der Waals surface area contributed by atoms with Gasteiger partial charge in [-0.3, -0.25) is 10.0 Å². The minimum absolute atomic E-state index is 0.162. The van der Waals surface area contributed by atoms with Gasteiger partial charge in [-0.2, -0.15) is 0 Å². The summed E-state index contributed by atoms with van der Waals surface area (Å²) in [6.45, 7) is 5.39. The standard InChI is InChI=1S/C24H25N7O4/c1-4-31(24-26-12-18(13-27-24)23(32)30-33)7-8-35-20-10-17(16-5-6-21(34-3)25-11-16)9-19-15(2)28-14-29-22(19)20/h5-6,9-14,33H,4,7-8H2,1-3H3,(H,30,32). The summed E-state index contributed by atoms with van der Waals surface area (Å²) in [6.07, 6.45) is 5.99. The molecule has 0 spiro atoms. The van der Waals surface area contributed by atoms with Crippen molar-refractivity contribution in [3.8, 4) is 22.8 Å². The van der Waals surface area contributed by atoms with Gasteiger partial charge in [0.15, 0.2) is 0 Å². The van der Waals surface area contributed by atoms with Crippen molar-refractivity contribution in [2.24, 2.45) is 0 Å². The number of carbonyl (C=O) groups excluding carboxylic acids is 1. The minimum atomic E-state index is -0.668. The van der Waals surface area contributed by atoms with Gasteiger partial charge in [-0.05, 0) is 37.6 Å². The van der Waals surface area contributed by atoms with E-state index in [0.29, 0.717) is 37.3 Å². The molecule has 0 radical (unpaired) electrons. The van der Waals surface area contributed by atoms with E-state index in [-0.39, 0.29) is 5.56 Å². The number of nitrogens with zero attached hydrogens (tertiary/aromatic N) is 6. The Morgan fingerprint density at radius 3 is 2.51 bits per heavy atom. The summed E-state index contributed by atoms with van der Waals surface area (Å²) >= 11 is 0. The van der Waals surface area contributed by atoms with Crippen molar-refractivity contribution < 1.29 is 19.5 Å². The number of amides is 1. The number of aryl methyl sites for hydroxylation is 1. The molecular weight excluding hydrogens is 450 g/mol. The molecule has 1 amide bonds. The lowest BCUT2D eigenvalue weighted by Gasteiger charge is -2.21. The van der Waals surface area contributed by atoms with Gasteiger partial charge in [-0.1, -0.05) is 0 Å². The number of likely N-dealkylation sites (N-methyl/N-ethyl adjacent to an activating group) is 1. The molecule has 0 atom stereocenters. The molecule has 0 fully saturated rings. The average Bonchev–Trinajstić information content (AvgIpc) is 2.91. The summed E-state index contributed by atoms with van der Waals surface area (Å²) in [5, 5.41) is 9.64. The van der Waals surface area contributed by atoms with E-state index < -0.39 is 5.91 Å². The fourth-order valence-corrected chi connectivity index (χ4v) is 3.54. The Morgan fingerprint density at radius 1 is 1.06 bits per heavy atom. The second-order valence-electron chi connectivity index (χ2n) is 7.56.